The largest absolute Gasteiger partial charge is 0.475 e. The molecule has 1 aliphatic rings. The van der Waals surface area contributed by atoms with Gasteiger partial charge in [0.15, 0.2) is 6.10 Å². The number of anilines is 2. The molecule has 0 fully saturated rings. The van der Waals surface area contributed by atoms with E-state index in [4.69, 9.17) is 9.47 Å². The molecule has 2 atom stereocenters. The summed E-state index contributed by atoms with van der Waals surface area (Å²) < 4.78 is 37.3. The van der Waals surface area contributed by atoms with Gasteiger partial charge in [0.1, 0.15) is 17.4 Å². The lowest BCUT2D eigenvalue weighted by atomic mass is 10.2. The highest BCUT2D eigenvalue weighted by molar-refractivity contribution is 5.97. The molecular formula is C20H18F2N2O5. The Balaban J connectivity index is 1.66. The van der Waals surface area contributed by atoms with Gasteiger partial charge < -0.3 is 19.7 Å². The van der Waals surface area contributed by atoms with Crippen molar-refractivity contribution in [3.8, 4) is 5.75 Å². The molecule has 1 aliphatic heterocycles. The average Bonchev–Trinajstić information content (AvgIpc) is 2.68. The second kappa shape index (κ2) is 8.26. The third-order valence-corrected chi connectivity index (χ3v) is 4.27. The summed E-state index contributed by atoms with van der Waals surface area (Å²) in [6.45, 7) is 2.58. The van der Waals surface area contributed by atoms with Crippen molar-refractivity contribution in [2.45, 2.75) is 26.1 Å². The molecule has 3 rings (SSSR count). The van der Waals surface area contributed by atoms with Gasteiger partial charge in [-0.15, -0.1) is 0 Å². The van der Waals surface area contributed by atoms with Crippen LogP contribution in [0.25, 0.3) is 0 Å². The van der Waals surface area contributed by atoms with E-state index in [-0.39, 0.29) is 18.1 Å². The minimum absolute atomic E-state index is 0.0773. The summed E-state index contributed by atoms with van der Waals surface area (Å²) in [5.74, 6) is -3.35. The van der Waals surface area contributed by atoms with Crippen LogP contribution in [0.4, 0.5) is 20.2 Å². The Morgan fingerprint density at radius 1 is 1.21 bits per heavy atom. The molecule has 0 unspecified atom stereocenters. The molecule has 0 saturated heterocycles. The van der Waals surface area contributed by atoms with E-state index in [0.29, 0.717) is 17.5 Å². The lowest BCUT2D eigenvalue weighted by Gasteiger charge is -2.33. The van der Waals surface area contributed by atoms with Crippen LogP contribution in [0.3, 0.4) is 0 Å². The SMILES string of the molecule is CC(=O)N1C[C@@H](C(=O)O[C@@H](C)C(=O)Nc2ccc(F)cc2F)Oc2ccccc21. The third-order valence-electron chi connectivity index (χ3n) is 4.27. The number of rotatable bonds is 4. The van der Waals surface area contributed by atoms with Crippen LogP contribution >= 0.6 is 0 Å². The molecule has 2 aromatic carbocycles. The Morgan fingerprint density at radius 2 is 1.93 bits per heavy atom. The fourth-order valence-corrected chi connectivity index (χ4v) is 2.78. The second-order valence-electron chi connectivity index (χ2n) is 6.40. The van der Waals surface area contributed by atoms with Crippen LogP contribution in [0, 0.1) is 11.6 Å². The zero-order valence-electron chi connectivity index (χ0n) is 15.6. The van der Waals surface area contributed by atoms with Crippen molar-refractivity contribution in [2.75, 3.05) is 16.8 Å². The van der Waals surface area contributed by atoms with Gasteiger partial charge in [-0.1, -0.05) is 12.1 Å². The number of para-hydroxylation sites is 2. The van der Waals surface area contributed by atoms with Gasteiger partial charge in [0.05, 0.1) is 17.9 Å². The minimum Gasteiger partial charge on any atom is -0.475 e. The predicted molar refractivity (Wildman–Crippen MR) is 99.4 cm³/mol. The lowest BCUT2D eigenvalue weighted by molar-refractivity contribution is -0.160. The Bertz CT molecular complexity index is 966. The molecule has 7 nitrogen and oxygen atoms in total. The number of hydrogen-bond donors (Lipinski definition) is 1. The predicted octanol–water partition coefficient (Wildman–Crippen LogP) is 2.65. The van der Waals surface area contributed by atoms with Gasteiger partial charge in [0.25, 0.3) is 5.91 Å². The number of ether oxygens (including phenoxy) is 2. The number of carbonyl (C=O) groups excluding carboxylic acids is 3. The highest BCUT2D eigenvalue weighted by Crippen LogP contribution is 2.33. The molecule has 0 aromatic heterocycles. The first-order chi connectivity index (χ1) is 13.8. The molecule has 0 bridgehead atoms. The van der Waals surface area contributed by atoms with Crippen molar-refractivity contribution in [1.29, 1.82) is 0 Å². The Kier molecular flexibility index (Phi) is 5.76. The van der Waals surface area contributed by atoms with Crippen molar-refractivity contribution in [3.63, 3.8) is 0 Å². The van der Waals surface area contributed by atoms with Crippen LogP contribution < -0.4 is 15.0 Å². The smallest absolute Gasteiger partial charge is 0.350 e. The van der Waals surface area contributed by atoms with E-state index in [1.807, 2.05) is 0 Å². The number of nitrogens with one attached hydrogen (secondary N) is 1. The van der Waals surface area contributed by atoms with Gasteiger partial charge in [0.2, 0.25) is 12.0 Å². The Hall–Kier alpha value is -3.49. The lowest BCUT2D eigenvalue weighted by Crippen LogP contribution is -2.48. The summed E-state index contributed by atoms with van der Waals surface area (Å²) in [4.78, 5) is 37.9. The molecule has 2 aromatic rings. The van der Waals surface area contributed by atoms with Crippen molar-refractivity contribution < 1.29 is 32.6 Å². The van der Waals surface area contributed by atoms with E-state index in [1.54, 1.807) is 24.3 Å². The molecule has 152 valence electrons. The summed E-state index contributed by atoms with van der Waals surface area (Å²) in [5.41, 5.74) is 0.284. The summed E-state index contributed by atoms with van der Waals surface area (Å²) >= 11 is 0. The molecule has 0 saturated carbocycles. The molecule has 1 N–H and O–H groups in total. The summed E-state index contributed by atoms with van der Waals surface area (Å²) in [5, 5.41) is 2.22. The highest BCUT2D eigenvalue weighted by Gasteiger charge is 2.35. The minimum atomic E-state index is -1.28. The van der Waals surface area contributed by atoms with Crippen LogP contribution in [-0.4, -0.2) is 36.5 Å². The van der Waals surface area contributed by atoms with Crippen LogP contribution in [0.2, 0.25) is 0 Å². The van der Waals surface area contributed by atoms with E-state index < -0.39 is 35.7 Å². The number of esters is 1. The zero-order chi connectivity index (χ0) is 21.1. The summed E-state index contributed by atoms with van der Waals surface area (Å²) in [6, 6.07) is 9.39. The maximum atomic E-state index is 13.7. The van der Waals surface area contributed by atoms with Gasteiger partial charge >= 0.3 is 5.97 Å². The summed E-state index contributed by atoms with van der Waals surface area (Å²) in [6.07, 6.45) is -2.41. The average molecular weight is 404 g/mol. The molecule has 1 heterocycles. The number of benzene rings is 2. The van der Waals surface area contributed by atoms with Crippen molar-refractivity contribution >= 4 is 29.2 Å². The van der Waals surface area contributed by atoms with E-state index in [0.717, 1.165) is 12.1 Å². The first-order valence-corrected chi connectivity index (χ1v) is 8.76. The Labute approximate surface area is 165 Å². The maximum Gasteiger partial charge on any atom is 0.350 e. The van der Waals surface area contributed by atoms with Crippen LogP contribution in [0.5, 0.6) is 5.75 Å². The van der Waals surface area contributed by atoms with E-state index in [2.05, 4.69) is 5.32 Å². The van der Waals surface area contributed by atoms with E-state index in [1.165, 1.54) is 18.7 Å². The first-order valence-electron chi connectivity index (χ1n) is 8.76. The van der Waals surface area contributed by atoms with Gasteiger partial charge in [-0.3, -0.25) is 9.59 Å². The van der Waals surface area contributed by atoms with Gasteiger partial charge in [0, 0.05) is 13.0 Å². The maximum absolute atomic E-state index is 13.7. The standard InChI is InChI=1S/C20H18F2N2O5/c1-11(19(26)23-15-8-7-13(21)9-14(15)22)28-20(27)18-10-24(12(2)25)16-5-3-4-6-17(16)29-18/h3-9,11,18H,10H2,1-2H3,(H,23,26)/t11-,18-/m0/s1. The third kappa shape index (κ3) is 4.50. The Morgan fingerprint density at radius 3 is 2.62 bits per heavy atom. The van der Waals surface area contributed by atoms with Crippen molar-refractivity contribution in [1.82, 2.24) is 0 Å². The highest BCUT2D eigenvalue weighted by atomic mass is 19.1. The normalized spacial score (nSPS) is 16.3. The van der Waals surface area contributed by atoms with Gasteiger partial charge in [-0.05, 0) is 31.2 Å². The molecule has 2 amide bonds. The quantitative estimate of drug-likeness (QED) is 0.792. The number of hydrogen-bond acceptors (Lipinski definition) is 5. The molecule has 0 radical (unpaired) electrons. The number of fused-ring (bicyclic) bond motifs is 1. The molecule has 29 heavy (non-hydrogen) atoms. The first kappa shape index (κ1) is 20.2. The van der Waals surface area contributed by atoms with Gasteiger partial charge in [-0.25, -0.2) is 13.6 Å². The number of nitrogens with zero attached hydrogens (tertiary/aromatic N) is 1. The number of halogens is 2. The van der Waals surface area contributed by atoms with Crippen LogP contribution in [0.1, 0.15) is 13.8 Å². The number of carbonyl (C=O) groups is 3. The van der Waals surface area contributed by atoms with Crippen molar-refractivity contribution in [3.05, 3.63) is 54.1 Å². The zero-order valence-corrected chi connectivity index (χ0v) is 15.6. The number of amides is 2. The van der Waals surface area contributed by atoms with E-state index >= 15 is 0 Å². The van der Waals surface area contributed by atoms with Crippen LogP contribution in [-0.2, 0) is 19.1 Å². The fraction of sp³-hybridized carbons (Fsp3) is 0.250. The van der Waals surface area contributed by atoms with Crippen LogP contribution in [0.15, 0.2) is 42.5 Å². The molecule has 9 heteroatoms. The summed E-state index contributed by atoms with van der Waals surface area (Å²) in [7, 11) is 0. The topological polar surface area (TPSA) is 84.9 Å². The molecular weight excluding hydrogens is 386 g/mol. The van der Waals surface area contributed by atoms with Gasteiger partial charge in [-0.2, -0.15) is 0 Å². The molecule has 0 spiro atoms. The van der Waals surface area contributed by atoms with E-state index in [9.17, 15) is 23.2 Å². The fourth-order valence-electron chi connectivity index (χ4n) is 2.78. The van der Waals surface area contributed by atoms with Crippen molar-refractivity contribution in [2.24, 2.45) is 0 Å². The molecule has 0 aliphatic carbocycles. The monoisotopic (exact) mass is 404 g/mol. The second-order valence-corrected chi connectivity index (χ2v) is 6.40.